The Morgan fingerprint density at radius 3 is 2.55 bits per heavy atom. The van der Waals surface area contributed by atoms with Gasteiger partial charge < -0.3 is 19.8 Å². The van der Waals surface area contributed by atoms with Crippen LogP contribution in [-0.4, -0.2) is 23.1 Å². The first kappa shape index (κ1) is 17.8. The minimum Gasteiger partial charge on any atom is -0.482 e. The average Bonchev–Trinajstić information content (AvgIpc) is 2.73. The topological polar surface area (TPSA) is 80.4 Å². The van der Waals surface area contributed by atoms with E-state index in [2.05, 4.69) is 10.3 Å². The number of carbonyl (C=O) groups is 1. The first-order valence-corrected chi connectivity index (χ1v) is 10.0. The number of hydrogen-bond donors (Lipinski definition) is 2. The zero-order valence-corrected chi connectivity index (χ0v) is 16.2. The van der Waals surface area contributed by atoms with Crippen molar-refractivity contribution in [1.82, 2.24) is 4.98 Å². The molecule has 0 spiro atoms. The molecule has 6 heteroatoms. The maximum absolute atomic E-state index is 12.8. The Hall–Kier alpha value is -3.28. The van der Waals surface area contributed by atoms with Crippen molar-refractivity contribution < 1.29 is 14.3 Å². The molecule has 2 aromatic carbocycles. The Kier molecular flexibility index (Phi) is 4.27. The van der Waals surface area contributed by atoms with Gasteiger partial charge in [-0.05, 0) is 62.4 Å². The highest BCUT2D eigenvalue weighted by Gasteiger charge is 2.34. The highest BCUT2D eigenvalue weighted by molar-refractivity contribution is 5.97. The summed E-state index contributed by atoms with van der Waals surface area (Å²) in [5, 5.41) is 3.95. The van der Waals surface area contributed by atoms with Crippen molar-refractivity contribution in [2.45, 2.75) is 44.8 Å². The van der Waals surface area contributed by atoms with Crippen LogP contribution >= 0.6 is 0 Å². The lowest BCUT2D eigenvalue weighted by Crippen LogP contribution is -2.46. The third-order valence-electron chi connectivity index (χ3n) is 5.70. The molecule has 0 radical (unpaired) electrons. The fraction of sp³-hybridized carbons (Fsp3) is 0.304. The van der Waals surface area contributed by atoms with E-state index in [1.165, 1.54) is 0 Å². The van der Waals surface area contributed by atoms with Gasteiger partial charge in [0.1, 0.15) is 6.10 Å². The molecule has 148 valence electrons. The van der Waals surface area contributed by atoms with E-state index in [0.717, 1.165) is 47.7 Å². The Morgan fingerprint density at radius 1 is 1.03 bits per heavy atom. The molecule has 0 saturated carbocycles. The second-order valence-electron chi connectivity index (χ2n) is 7.68. The van der Waals surface area contributed by atoms with Crippen molar-refractivity contribution in [3.8, 4) is 11.5 Å². The van der Waals surface area contributed by atoms with Crippen LogP contribution in [0.2, 0.25) is 0 Å². The normalized spacial score (nSPS) is 20.2. The zero-order valence-electron chi connectivity index (χ0n) is 16.2. The van der Waals surface area contributed by atoms with Gasteiger partial charge in [0.15, 0.2) is 11.5 Å². The quantitative estimate of drug-likeness (QED) is 0.701. The van der Waals surface area contributed by atoms with Crippen molar-refractivity contribution in [3.63, 3.8) is 0 Å². The Morgan fingerprint density at radius 2 is 1.76 bits per heavy atom. The number of pyridine rings is 1. The first-order chi connectivity index (χ1) is 14.1. The summed E-state index contributed by atoms with van der Waals surface area (Å²) in [6.45, 7) is 1.81. The van der Waals surface area contributed by atoms with Gasteiger partial charge in [-0.15, -0.1) is 0 Å². The van der Waals surface area contributed by atoms with Crippen LogP contribution in [0, 0.1) is 0 Å². The van der Waals surface area contributed by atoms with Crippen LogP contribution in [0.15, 0.2) is 47.3 Å². The number of para-hydroxylation sites is 2. The maximum atomic E-state index is 12.8. The van der Waals surface area contributed by atoms with Crippen LogP contribution in [0.3, 0.4) is 0 Å². The van der Waals surface area contributed by atoms with Crippen LogP contribution < -0.4 is 20.3 Å². The molecule has 0 bridgehead atoms. The standard InChI is InChI=1S/C23H22N2O4/c1-13-21(29-20-9-5-4-8-19(20)28-13)23(27)24-14-10-11-16-15-6-2-3-7-17(15)22(26)25-18(16)12-14/h4-5,8-13,21H,2-3,6-7H2,1H3,(H,24,27)(H,25,26). The van der Waals surface area contributed by atoms with Gasteiger partial charge in [0, 0.05) is 16.6 Å². The highest BCUT2D eigenvalue weighted by atomic mass is 16.6. The van der Waals surface area contributed by atoms with Gasteiger partial charge in [-0.1, -0.05) is 18.2 Å². The Bertz CT molecular complexity index is 1170. The lowest BCUT2D eigenvalue weighted by molar-refractivity contribution is -0.128. The number of carbonyl (C=O) groups excluding carboxylic acids is 1. The van der Waals surface area contributed by atoms with Gasteiger partial charge in [0.2, 0.25) is 6.10 Å². The summed E-state index contributed by atoms with van der Waals surface area (Å²) in [4.78, 5) is 28.2. The van der Waals surface area contributed by atoms with Crippen LogP contribution in [0.5, 0.6) is 11.5 Å². The van der Waals surface area contributed by atoms with Gasteiger partial charge in [-0.3, -0.25) is 9.59 Å². The molecule has 1 aliphatic heterocycles. The second-order valence-corrected chi connectivity index (χ2v) is 7.68. The number of ether oxygens (including phenoxy) is 2. The summed E-state index contributed by atoms with van der Waals surface area (Å²) in [7, 11) is 0. The van der Waals surface area contributed by atoms with Crippen molar-refractivity contribution in [2.75, 3.05) is 5.32 Å². The number of rotatable bonds is 2. The van der Waals surface area contributed by atoms with Crippen molar-refractivity contribution in [1.29, 1.82) is 0 Å². The molecule has 0 saturated heterocycles. The summed E-state index contributed by atoms with van der Waals surface area (Å²) < 4.78 is 11.7. The predicted molar refractivity (Wildman–Crippen MR) is 111 cm³/mol. The number of benzene rings is 2. The molecule has 3 aromatic rings. The molecule has 0 fully saturated rings. The summed E-state index contributed by atoms with van der Waals surface area (Å²) in [5.74, 6) is 0.906. The first-order valence-electron chi connectivity index (χ1n) is 10.0. The van der Waals surface area contributed by atoms with E-state index in [-0.39, 0.29) is 11.5 Å². The largest absolute Gasteiger partial charge is 0.482 e. The molecule has 1 aliphatic carbocycles. The number of aryl methyl sites for hydroxylation is 1. The summed E-state index contributed by atoms with van der Waals surface area (Å²) >= 11 is 0. The molecule has 29 heavy (non-hydrogen) atoms. The van der Waals surface area contributed by atoms with Gasteiger partial charge in [0.05, 0.1) is 5.52 Å². The van der Waals surface area contributed by atoms with Crippen LogP contribution in [-0.2, 0) is 17.6 Å². The van der Waals surface area contributed by atoms with E-state index >= 15 is 0 Å². The molecular formula is C23H22N2O4. The number of aromatic amines is 1. The predicted octanol–water partition coefficient (Wildman–Crippen LogP) is 3.57. The molecule has 2 heterocycles. The molecule has 1 aromatic heterocycles. The molecule has 1 amide bonds. The van der Waals surface area contributed by atoms with E-state index in [0.29, 0.717) is 17.2 Å². The fourth-order valence-electron chi connectivity index (χ4n) is 4.26. The second kappa shape index (κ2) is 6.95. The van der Waals surface area contributed by atoms with Crippen LogP contribution in [0.4, 0.5) is 5.69 Å². The number of anilines is 1. The number of fused-ring (bicyclic) bond motifs is 4. The van der Waals surface area contributed by atoms with Gasteiger partial charge in [-0.25, -0.2) is 0 Å². The van der Waals surface area contributed by atoms with Gasteiger partial charge >= 0.3 is 0 Å². The number of amides is 1. The molecule has 2 unspecified atom stereocenters. The summed E-state index contributed by atoms with van der Waals surface area (Å²) in [6, 6.07) is 13.0. The lowest BCUT2D eigenvalue weighted by Gasteiger charge is -2.31. The van der Waals surface area contributed by atoms with E-state index in [1.807, 2.05) is 43.3 Å². The SMILES string of the molecule is CC1Oc2ccccc2OC1C(=O)Nc1ccc2c3c(c(=O)[nH]c2c1)CCCC3. The van der Waals surface area contributed by atoms with Crippen LogP contribution in [0.1, 0.15) is 30.9 Å². The maximum Gasteiger partial charge on any atom is 0.269 e. The third-order valence-corrected chi connectivity index (χ3v) is 5.70. The zero-order chi connectivity index (χ0) is 20.0. The highest BCUT2D eigenvalue weighted by Crippen LogP contribution is 2.34. The Labute approximate surface area is 167 Å². The van der Waals surface area contributed by atoms with Gasteiger partial charge in [-0.2, -0.15) is 0 Å². The molecular weight excluding hydrogens is 368 g/mol. The van der Waals surface area contributed by atoms with E-state index in [1.54, 1.807) is 6.07 Å². The van der Waals surface area contributed by atoms with Crippen LogP contribution in [0.25, 0.3) is 10.9 Å². The van der Waals surface area contributed by atoms with E-state index in [9.17, 15) is 9.59 Å². The van der Waals surface area contributed by atoms with Crippen molar-refractivity contribution in [2.24, 2.45) is 0 Å². The number of nitrogens with one attached hydrogen (secondary N) is 2. The molecule has 6 nitrogen and oxygen atoms in total. The minimum absolute atomic E-state index is 0.0232. The smallest absolute Gasteiger partial charge is 0.269 e. The molecule has 5 rings (SSSR count). The van der Waals surface area contributed by atoms with E-state index in [4.69, 9.17) is 9.47 Å². The third kappa shape index (κ3) is 3.14. The van der Waals surface area contributed by atoms with Crippen molar-refractivity contribution in [3.05, 3.63) is 63.9 Å². The van der Waals surface area contributed by atoms with Gasteiger partial charge in [0.25, 0.3) is 11.5 Å². The number of aromatic nitrogens is 1. The van der Waals surface area contributed by atoms with Crippen molar-refractivity contribution >= 4 is 22.5 Å². The molecule has 2 aliphatic rings. The monoisotopic (exact) mass is 390 g/mol. The molecule has 2 atom stereocenters. The number of hydrogen-bond acceptors (Lipinski definition) is 4. The lowest BCUT2D eigenvalue weighted by atomic mass is 9.90. The minimum atomic E-state index is -0.761. The summed E-state index contributed by atoms with van der Waals surface area (Å²) in [5.41, 5.74) is 3.38. The molecule has 2 N–H and O–H groups in total. The number of H-pyrrole nitrogens is 1. The Balaban J connectivity index is 1.42. The van der Waals surface area contributed by atoms with E-state index < -0.39 is 12.2 Å². The fourth-order valence-corrected chi connectivity index (χ4v) is 4.26. The summed E-state index contributed by atoms with van der Waals surface area (Å²) in [6.07, 6.45) is 2.73. The average molecular weight is 390 g/mol.